The number of hydrogen-bond donors (Lipinski definition) is 0. The second kappa shape index (κ2) is 7.38. The lowest BCUT2D eigenvalue weighted by molar-refractivity contribution is -0.384. The molecule has 0 amide bonds. The molecule has 1 aromatic carbocycles. The molecule has 0 spiro atoms. The summed E-state index contributed by atoms with van der Waals surface area (Å²) < 4.78 is 11.3. The van der Waals surface area contributed by atoms with Crippen LogP contribution in [0, 0.1) is 10.1 Å². The Balaban J connectivity index is 1.72. The Labute approximate surface area is 124 Å². The van der Waals surface area contributed by atoms with Crippen LogP contribution in [0.25, 0.3) is 0 Å². The van der Waals surface area contributed by atoms with E-state index in [0.717, 1.165) is 26.1 Å². The van der Waals surface area contributed by atoms with Gasteiger partial charge in [-0.05, 0) is 26.3 Å². The molecule has 2 rings (SSSR count). The fourth-order valence-corrected chi connectivity index (χ4v) is 2.63. The number of rotatable bonds is 6. The standard InChI is InChI=1S/C15H22N2O4/c1-12-10-16(11-13(2)21-12)7-4-8-20-15-6-3-5-14(9-15)17(18)19/h3,5-6,9,12-13H,4,7-8,10-11H2,1-2H3/t12-,13-/m0/s1. The molecule has 1 saturated heterocycles. The lowest BCUT2D eigenvalue weighted by atomic mass is 10.2. The molecular weight excluding hydrogens is 272 g/mol. The first-order chi connectivity index (χ1) is 10.0. The van der Waals surface area contributed by atoms with Crippen LogP contribution in [0.2, 0.25) is 0 Å². The molecule has 21 heavy (non-hydrogen) atoms. The van der Waals surface area contributed by atoms with Crippen molar-refractivity contribution in [1.29, 1.82) is 0 Å². The zero-order valence-electron chi connectivity index (χ0n) is 12.5. The summed E-state index contributed by atoms with van der Waals surface area (Å²) in [7, 11) is 0. The molecule has 1 aliphatic rings. The van der Waals surface area contributed by atoms with Gasteiger partial charge in [0, 0.05) is 25.7 Å². The van der Waals surface area contributed by atoms with Crippen molar-refractivity contribution in [3.05, 3.63) is 34.4 Å². The van der Waals surface area contributed by atoms with E-state index in [2.05, 4.69) is 18.7 Å². The number of nitrogens with zero attached hydrogens (tertiary/aromatic N) is 2. The smallest absolute Gasteiger partial charge is 0.273 e. The maximum absolute atomic E-state index is 10.7. The Hall–Kier alpha value is -1.66. The largest absolute Gasteiger partial charge is 0.493 e. The molecule has 1 aromatic rings. The third-order valence-corrected chi connectivity index (χ3v) is 3.41. The molecule has 0 N–H and O–H groups in total. The molecule has 0 aromatic heterocycles. The monoisotopic (exact) mass is 294 g/mol. The van der Waals surface area contributed by atoms with E-state index in [4.69, 9.17) is 9.47 Å². The van der Waals surface area contributed by atoms with E-state index in [1.165, 1.54) is 12.1 Å². The molecule has 0 unspecified atom stereocenters. The summed E-state index contributed by atoms with van der Waals surface area (Å²) in [5.41, 5.74) is 0.0586. The molecule has 0 saturated carbocycles. The topological polar surface area (TPSA) is 64.8 Å². The van der Waals surface area contributed by atoms with Crippen LogP contribution >= 0.6 is 0 Å². The number of nitro groups is 1. The molecule has 2 atom stereocenters. The molecule has 116 valence electrons. The van der Waals surface area contributed by atoms with Crippen LogP contribution in [0.15, 0.2) is 24.3 Å². The van der Waals surface area contributed by atoms with Crippen molar-refractivity contribution < 1.29 is 14.4 Å². The second-order valence-electron chi connectivity index (χ2n) is 5.47. The summed E-state index contributed by atoms with van der Waals surface area (Å²) in [5.74, 6) is 0.549. The van der Waals surface area contributed by atoms with Gasteiger partial charge in [-0.25, -0.2) is 0 Å². The molecule has 1 heterocycles. The average molecular weight is 294 g/mol. The zero-order chi connectivity index (χ0) is 15.2. The van der Waals surface area contributed by atoms with Gasteiger partial charge in [-0.3, -0.25) is 15.0 Å². The highest BCUT2D eigenvalue weighted by molar-refractivity contribution is 5.37. The van der Waals surface area contributed by atoms with Crippen molar-refractivity contribution in [3.63, 3.8) is 0 Å². The fourth-order valence-electron chi connectivity index (χ4n) is 2.63. The van der Waals surface area contributed by atoms with Crippen molar-refractivity contribution in [2.45, 2.75) is 32.5 Å². The Morgan fingerprint density at radius 1 is 1.38 bits per heavy atom. The van der Waals surface area contributed by atoms with Crippen molar-refractivity contribution >= 4 is 5.69 Å². The quantitative estimate of drug-likeness (QED) is 0.458. The lowest BCUT2D eigenvalue weighted by Crippen LogP contribution is -2.45. The summed E-state index contributed by atoms with van der Waals surface area (Å²) in [6.07, 6.45) is 1.43. The summed E-state index contributed by atoms with van der Waals surface area (Å²) in [6, 6.07) is 6.30. The predicted octanol–water partition coefficient (Wildman–Crippen LogP) is 2.47. The van der Waals surface area contributed by atoms with Gasteiger partial charge in [0.15, 0.2) is 0 Å². The van der Waals surface area contributed by atoms with Gasteiger partial charge < -0.3 is 9.47 Å². The Morgan fingerprint density at radius 3 is 2.76 bits per heavy atom. The van der Waals surface area contributed by atoms with Gasteiger partial charge in [-0.1, -0.05) is 6.07 Å². The van der Waals surface area contributed by atoms with Crippen molar-refractivity contribution in [3.8, 4) is 5.75 Å². The minimum Gasteiger partial charge on any atom is -0.493 e. The third kappa shape index (κ3) is 4.99. The minimum atomic E-state index is -0.413. The van der Waals surface area contributed by atoms with Gasteiger partial charge >= 0.3 is 0 Å². The van der Waals surface area contributed by atoms with Crippen LogP contribution in [0.3, 0.4) is 0 Å². The van der Waals surface area contributed by atoms with E-state index < -0.39 is 4.92 Å². The second-order valence-corrected chi connectivity index (χ2v) is 5.47. The Morgan fingerprint density at radius 2 is 2.10 bits per heavy atom. The highest BCUT2D eigenvalue weighted by atomic mass is 16.6. The number of ether oxygens (including phenoxy) is 2. The molecule has 0 aliphatic carbocycles. The van der Waals surface area contributed by atoms with Gasteiger partial charge in [0.2, 0.25) is 0 Å². The maximum Gasteiger partial charge on any atom is 0.273 e. The van der Waals surface area contributed by atoms with Gasteiger partial charge in [0.05, 0.1) is 29.8 Å². The van der Waals surface area contributed by atoms with Crippen molar-refractivity contribution in [1.82, 2.24) is 4.90 Å². The number of non-ortho nitro benzene ring substituents is 1. The predicted molar refractivity (Wildman–Crippen MR) is 79.7 cm³/mol. The molecular formula is C15H22N2O4. The van der Waals surface area contributed by atoms with Gasteiger partial charge in [-0.2, -0.15) is 0 Å². The maximum atomic E-state index is 10.7. The van der Waals surface area contributed by atoms with Crippen LogP contribution in [0.5, 0.6) is 5.75 Å². The van der Waals surface area contributed by atoms with Crippen molar-refractivity contribution in [2.75, 3.05) is 26.2 Å². The Kier molecular flexibility index (Phi) is 5.52. The van der Waals surface area contributed by atoms with E-state index >= 15 is 0 Å². The summed E-state index contributed by atoms with van der Waals surface area (Å²) in [5, 5.41) is 10.7. The van der Waals surface area contributed by atoms with Gasteiger partial charge in [0.1, 0.15) is 5.75 Å². The van der Waals surface area contributed by atoms with E-state index in [9.17, 15) is 10.1 Å². The zero-order valence-corrected chi connectivity index (χ0v) is 12.5. The SMILES string of the molecule is C[C@H]1CN(CCCOc2cccc([N+](=O)[O-])c2)C[C@H](C)O1. The van der Waals surface area contributed by atoms with Crippen LogP contribution in [0.4, 0.5) is 5.69 Å². The highest BCUT2D eigenvalue weighted by Crippen LogP contribution is 2.19. The van der Waals surface area contributed by atoms with Crippen LogP contribution in [-0.4, -0.2) is 48.3 Å². The minimum absolute atomic E-state index is 0.0586. The first kappa shape index (κ1) is 15.7. The van der Waals surface area contributed by atoms with Crippen LogP contribution in [0.1, 0.15) is 20.3 Å². The molecule has 6 nitrogen and oxygen atoms in total. The van der Waals surface area contributed by atoms with Crippen LogP contribution in [-0.2, 0) is 4.74 Å². The number of morpholine rings is 1. The average Bonchev–Trinajstić information content (AvgIpc) is 2.43. The highest BCUT2D eigenvalue weighted by Gasteiger charge is 2.21. The first-order valence-electron chi connectivity index (χ1n) is 7.29. The van der Waals surface area contributed by atoms with Gasteiger partial charge in [-0.15, -0.1) is 0 Å². The molecule has 1 fully saturated rings. The van der Waals surface area contributed by atoms with Crippen LogP contribution < -0.4 is 4.74 Å². The summed E-state index contributed by atoms with van der Waals surface area (Å²) in [4.78, 5) is 12.6. The van der Waals surface area contributed by atoms with Crippen molar-refractivity contribution in [2.24, 2.45) is 0 Å². The third-order valence-electron chi connectivity index (χ3n) is 3.41. The van der Waals surface area contributed by atoms with E-state index in [1.807, 2.05) is 0 Å². The van der Waals surface area contributed by atoms with Gasteiger partial charge in [0.25, 0.3) is 5.69 Å². The molecule has 6 heteroatoms. The Bertz CT molecular complexity index is 470. The normalized spacial score (nSPS) is 23.0. The molecule has 0 bridgehead atoms. The summed E-state index contributed by atoms with van der Waals surface area (Å²) >= 11 is 0. The molecule has 1 aliphatic heterocycles. The number of nitro benzene ring substituents is 1. The first-order valence-corrected chi connectivity index (χ1v) is 7.29. The summed E-state index contributed by atoms with van der Waals surface area (Å²) in [6.45, 7) is 7.57. The lowest BCUT2D eigenvalue weighted by Gasteiger charge is -2.35. The van der Waals surface area contributed by atoms with E-state index in [1.54, 1.807) is 12.1 Å². The fraction of sp³-hybridized carbons (Fsp3) is 0.600. The molecule has 0 radical (unpaired) electrons. The van der Waals surface area contributed by atoms with E-state index in [-0.39, 0.29) is 17.9 Å². The number of hydrogen-bond acceptors (Lipinski definition) is 5. The van der Waals surface area contributed by atoms with E-state index in [0.29, 0.717) is 12.4 Å². The number of benzene rings is 1.